The minimum Gasteiger partial charge on any atom is -0.493 e. The maximum Gasteiger partial charge on any atom is 0.329 e. The van der Waals surface area contributed by atoms with Gasteiger partial charge in [0.05, 0.1) is 12.2 Å². The summed E-state index contributed by atoms with van der Waals surface area (Å²) in [5.41, 5.74) is 1.95. The number of nitrogens with one attached hydrogen (secondary N) is 2. The fourth-order valence-corrected chi connectivity index (χ4v) is 2.80. The van der Waals surface area contributed by atoms with Crippen LogP contribution in [0.1, 0.15) is 36.7 Å². The van der Waals surface area contributed by atoms with Crippen molar-refractivity contribution in [3.8, 4) is 5.75 Å². The molecule has 0 bridgehead atoms. The number of hydrogen-bond donors (Lipinski definition) is 2. The van der Waals surface area contributed by atoms with Crippen LogP contribution in [0.4, 0.5) is 5.69 Å². The number of aryl methyl sites for hydroxylation is 1. The van der Waals surface area contributed by atoms with Crippen LogP contribution in [0.25, 0.3) is 0 Å². The van der Waals surface area contributed by atoms with Gasteiger partial charge < -0.3 is 20.1 Å². The predicted molar refractivity (Wildman–Crippen MR) is 114 cm³/mol. The molecule has 0 saturated heterocycles. The van der Waals surface area contributed by atoms with E-state index in [2.05, 4.69) is 10.6 Å². The average Bonchev–Trinajstić information content (AvgIpc) is 2.70. The molecular weight excluding hydrogens is 384 g/mol. The molecule has 2 amide bonds. The van der Waals surface area contributed by atoms with E-state index < -0.39 is 30.4 Å². The van der Waals surface area contributed by atoms with Gasteiger partial charge in [-0.25, -0.2) is 4.79 Å². The Morgan fingerprint density at radius 2 is 1.77 bits per heavy atom. The Bertz CT molecular complexity index is 895. The predicted octanol–water partition coefficient (Wildman–Crippen LogP) is 3.33. The summed E-state index contributed by atoms with van der Waals surface area (Å²) in [7, 11) is 0. The van der Waals surface area contributed by atoms with Crippen LogP contribution in [0.15, 0.2) is 48.5 Å². The summed E-state index contributed by atoms with van der Waals surface area (Å²) in [6.07, 6.45) is 0. The number of rotatable bonds is 9. The van der Waals surface area contributed by atoms with E-state index in [1.807, 2.05) is 32.0 Å². The highest BCUT2D eigenvalue weighted by Gasteiger charge is 2.27. The molecule has 0 aromatic heterocycles. The van der Waals surface area contributed by atoms with Gasteiger partial charge in [-0.2, -0.15) is 0 Å². The molecule has 0 heterocycles. The topological polar surface area (TPSA) is 93.7 Å². The SMILES string of the molecule is CCOc1ccccc1C(=O)N[C@H](C(=O)OCC(=O)Nc1cccc(C)c1)C(C)C. The van der Waals surface area contributed by atoms with Crippen molar-refractivity contribution >= 4 is 23.5 Å². The van der Waals surface area contributed by atoms with Gasteiger partial charge in [-0.15, -0.1) is 0 Å². The molecular formula is C23H28N2O5. The van der Waals surface area contributed by atoms with Gasteiger partial charge in [0.15, 0.2) is 6.61 Å². The molecule has 2 rings (SSSR count). The third-order valence-corrected chi connectivity index (χ3v) is 4.29. The smallest absolute Gasteiger partial charge is 0.329 e. The molecule has 0 radical (unpaired) electrons. The summed E-state index contributed by atoms with van der Waals surface area (Å²) in [6, 6.07) is 13.2. The molecule has 0 saturated carbocycles. The Kier molecular flexibility index (Phi) is 8.41. The van der Waals surface area contributed by atoms with Crippen LogP contribution in [-0.4, -0.2) is 37.0 Å². The molecule has 0 fully saturated rings. The summed E-state index contributed by atoms with van der Waals surface area (Å²) >= 11 is 0. The van der Waals surface area contributed by atoms with Crippen LogP contribution in [0.5, 0.6) is 5.75 Å². The number of hydrogen-bond acceptors (Lipinski definition) is 5. The molecule has 2 aromatic carbocycles. The maximum atomic E-state index is 12.7. The first-order chi connectivity index (χ1) is 14.3. The molecule has 0 aliphatic rings. The number of carbonyl (C=O) groups is 3. The molecule has 1 atom stereocenters. The van der Waals surface area contributed by atoms with Gasteiger partial charge in [-0.05, 0) is 49.6 Å². The number of amides is 2. The van der Waals surface area contributed by atoms with E-state index in [1.54, 1.807) is 44.2 Å². The fraction of sp³-hybridized carbons (Fsp3) is 0.348. The van der Waals surface area contributed by atoms with Crippen molar-refractivity contribution in [3.05, 3.63) is 59.7 Å². The quantitative estimate of drug-likeness (QED) is 0.616. The van der Waals surface area contributed by atoms with Gasteiger partial charge in [-0.3, -0.25) is 9.59 Å². The lowest BCUT2D eigenvalue weighted by Gasteiger charge is -2.21. The zero-order chi connectivity index (χ0) is 22.1. The largest absolute Gasteiger partial charge is 0.493 e. The summed E-state index contributed by atoms with van der Waals surface area (Å²) in [4.78, 5) is 37.3. The molecule has 0 aliphatic carbocycles. The highest BCUT2D eigenvalue weighted by atomic mass is 16.5. The van der Waals surface area contributed by atoms with Crippen molar-refractivity contribution in [1.29, 1.82) is 0 Å². The summed E-state index contributed by atoms with van der Waals surface area (Å²) in [6.45, 7) is 7.28. The minimum atomic E-state index is -0.904. The zero-order valence-electron chi connectivity index (χ0n) is 17.7. The molecule has 160 valence electrons. The van der Waals surface area contributed by atoms with E-state index in [9.17, 15) is 14.4 Å². The number of anilines is 1. The van der Waals surface area contributed by atoms with Crippen LogP contribution in [0.2, 0.25) is 0 Å². The molecule has 0 unspecified atom stereocenters. The van der Waals surface area contributed by atoms with E-state index in [0.29, 0.717) is 23.6 Å². The maximum absolute atomic E-state index is 12.7. The Hall–Kier alpha value is -3.35. The molecule has 0 aliphatic heterocycles. The first-order valence-electron chi connectivity index (χ1n) is 9.87. The molecule has 30 heavy (non-hydrogen) atoms. The molecule has 2 aromatic rings. The molecule has 2 N–H and O–H groups in total. The molecule has 7 nitrogen and oxygen atoms in total. The summed E-state index contributed by atoms with van der Waals surface area (Å²) < 4.78 is 10.6. The van der Waals surface area contributed by atoms with E-state index in [4.69, 9.17) is 9.47 Å². The van der Waals surface area contributed by atoms with Crippen molar-refractivity contribution in [1.82, 2.24) is 5.32 Å². The molecule has 7 heteroatoms. The Morgan fingerprint density at radius 3 is 2.43 bits per heavy atom. The van der Waals surface area contributed by atoms with Crippen molar-refractivity contribution in [2.24, 2.45) is 5.92 Å². The van der Waals surface area contributed by atoms with Crippen molar-refractivity contribution in [2.45, 2.75) is 33.7 Å². The van der Waals surface area contributed by atoms with Crippen LogP contribution in [-0.2, 0) is 14.3 Å². The Balaban J connectivity index is 1.97. The minimum absolute atomic E-state index is 0.236. The normalized spacial score (nSPS) is 11.5. The van der Waals surface area contributed by atoms with Crippen LogP contribution >= 0.6 is 0 Å². The number of para-hydroxylation sites is 1. The lowest BCUT2D eigenvalue weighted by Crippen LogP contribution is -2.46. The van der Waals surface area contributed by atoms with Crippen molar-refractivity contribution < 1.29 is 23.9 Å². The third kappa shape index (κ3) is 6.62. The van der Waals surface area contributed by atoms with E-state index in [0.717, 1.165) is 5.56 Å². The van der Waals surface area contributed by atoms with Crippen LogP contribution < -0.4 is 15.4 Å². The zero-order valence-corrected chi connectivity index (χ0v) is 17.7. The highest BCUT2D eigenvalue weighted by Crippen LogP contribution is 2.18. The number of esters is 1. The fourth-order valence-electron chi connectivity index (χ4n) is 2.80. The second-order valence-corrected chi connectivity index (χ2v) is 7.15. The second kappa shape index (κ2) is 11.0. The van der Waals surface area contributed by atoms with Gasteiger partial charge in [0.2, 0.25) is 0 Å². The first kappa shape index (κ1) is 22.9. The van der Waals surface area contributed by atoms with E-state index in [-0.39, 0.29) is 5.92 Å². The summed E-state index contributed by atoms with van der Waals surface area (Å²) in [5, 5.41) is 5.36. The number of ether oxygens (including phenoxy) is 2. The van der Waals surface area contributed by atoms with Gasteiger partial charge in [-0.1, -0.05) is 38.1 Å². The van der Waals surface area contributed by atoms with Crippen LogP contribution in [0.3, 0.4) is 0 Å². The van der Waals surface area contributed by atoms with Gasteiger partial charge in [0, 0.05) is 5.69 Å². The van der Waals surface area contributed by atoms with Gasteiger partial charge >= 0.3 is 5.97 Å². The van der Waals surface area contributed by atoms with Gasteiger partial charge in [0.1, 0.15) is 11.8 Å². The third-order valence-electron chi connectivity index (χ3n) is 4.29. The number of benzene rings is 2. The average molecular weight is 412 g/mol. The van der Waals surface area contributed by atoms with Crippen LogP contribution in [0, 0.1) is 12.8 Å². The highest BCUT2D eigenvalue weighted by molar-refractivity contribution is 5.99. The monoisotopic (exact) mass is 412 g/mol. The Labute approximate surface area is 176 Å². The second-order valence-electron chi connectivity index (χ2n) is 7.15. The van der Waals surface area contributed by atoms with E-state index >= 15 is 0 Å². The standard InChI is InChI=1S/C23H28N2O5/c1-5-29-19-12-7-6-11-18(19)22(27)25-21(15(2)3)23(28)30-14-20(26)24-17-10-8-9-16(4)13-17/h6-13,15,21H,5,14H2,1-4H3,(H,24,26)(H,25,27)/t21-/m0/s1. The lowest BCUT2D eigenvalue weighted by atomic mass is 10.0. The van der Waals surface area contributed by atoms with Crippen molar-refractivity contribution in [3.63, 3.8) is 0 Å². The van der Waals surface area contributed by atoms with E-state index in [1.165, 1.54) is 0 Å². The lowest BCUT2D eigenvalue weighted by molar-refractivity contribution is -0.150. The van der Waals surface area contributed by atoms with Gasteiger partial charge in [0.25, 0.3) is 11.8 Å². The number of carbonyl (C=O) groups excluding carboxylic acids is 3. The van der Waals surface area contributed by atoms with Crippen molar-refractivity contribution in [2.75, 3.05) is 18.5 Å². The summed E-state index contributed by atoms with van der Waals surface area (Å²) in [5.74, 6) is -1.37. The Morgan fingerprint density at radius 1 is 1.03 bits per heavy atom. The molecule has 0 spiro atoms. The first-order valence-corrected chi connectivity index (χ1v) is 9.87.